The molecule has 0 saturated heterocycles. The van der Waals surface area contributed by atoms with Crippen LogP contribution in [0.5, 0.6) is 0 Å². The van der Waals surface area contributed by atoms with Crippen molar-refractivity contribution < 1.29 is 9.53 Å². The molecule has 1 rings (SSSR count). The van der Waals surface area contributed by atoms with Crippen LogP contribution in [0.15, 0.2) is 0 Å². The molecule has 0 unspecified atom stereocenters. The molecule has 2 N–H and O–H groups in total. The van der Waals surface area contributed by atoms with Crippen molar-refractivity contribution in [2.45, 2.75) is 45.1 Å². The van der Waals surface area contributed by atoms with Crippen LogP contribution in [0.4, 0.5) is 0 Å². The van der Waals surface area contributed by atoms with E-state index in [9.17, 15) is 4.79 Å². The third-order valence-electron chi connectivity index (χ3n) is 2.99. The molecule has 5 heteroatoms. The average molecular weight is 258 g/mol. The molecular weight excluding hydrogens is 236 g/mol. The zero-order chi connectivity index (χ0) is 12.7. The lowest BCUT2D eigenvalue weighted by atomic mass is 10.2. The third-order valence-corrected chi connectivity index (χ3v) is 3.12. The highest BCUT2D eigenvalue weighted by molar-refractivity contribution is 7.80. The fourth-order valence-electron chi connectivity index (χ4n) is 2.19. The van der Waals surface area contributed by atoms with Crippen molar-refractivity contribution in [3.8, 4) is 0 Å². The van der Waals surface area contributed by atoms with Crippen molar-refractivity contribution in [3.05, 3.63) is 0 Å². The van der Waals surface area contributed by atoms with Crippen LogP contribution in [0.2, 0.25) is 0 Å². The van der Waals surface area contributed by atoms with Crippen molar-refractivity contribution in [2.75, 3.05) is 19.8 Å². The van der Waals surface area contributed by atoms with Crippen LogP contribution in [0.3, 0.4) is 0 Å². The van der Waals surface area contributed by atoms with E-state index in [1.54, 1.807) is 4.90 Å². The topological polar surface area (TPSA) is 55.6 Å². The van der Waals surface area contributed by atoms with Gasteiger partial charge in [-0.25, -0.2) is 0 Å². The van der Waals surface area contributed by atoms with Gasteiger partial charge in [-0.3, -0.25) is 4.79 Å². The second-order valence-electron chi connectivity index (χ2n) is 4.48. The van der Waals surface area contributed by atoms with Crippen molar-refractivity contribution in [1.29, 1.82) is 0 Å². The number of thiocarbonyl (C=S) groups is 1. The van der Waals surface area contributed by atoms with Crippen LogP contribution in [-0.2, 0) is 9.53 Å². The smallest absolute Gasteiger partial charge is 0.249 e. The Balaban J connectivity index is 2.48. The number of hydrogen-bond acceptors (Lipinski definition) is 3. The molecule has 1 saturated carbocycles. The lowest BCUT2D eigenvalue weighted by Crippen LogP contribution is -2.45. The molecule has 0 atom stereocenters. The highest BCUT2D eigenvalue weighted by atomic mass is 32.1. The number of carbonyl (C=O) groups is 1. The van der Waals surface area contributed by atoms with E-state index < -0.39 is 0 Å². The largest absolute Gasteiger partial charge is 0.392 e. The summed E-state index contributed by atoms with van der Waals surface area (Å²) in [5.74, 6) is 0.0122. The summed E-state index contributed by atoms with van der Waals surface area (Å²) in [4.78, 5) is 14.2. The Morgan fingerprint density at radius 1 is 1.47 bits per heavy atom. The summed E-state index contributed by atoms with van der Waals surface area (Å²) in [6.45, 7) is 3.17. The fourth-order valence-corrected chi connectivity index (χ4v) is 2.33. The first-order valence-corrected chi connectivity index (χ1v) is 6.71. The molecule has 17 heavy (non-hydrogen) atoms. The van der Waals surface area contributed by atoms with Gasteiger partial charge < -0.3 is 15.4 Å². The number of rotatable bonds is 7. The summed E-state index contributed by atoms with van der Waals surface area (Å²) in [7, 11) is 0. The molecule has 0 aliphatic heterocycles. The van der Waals surface area contributed by atoms with Crippen molar-refractivity contribution in [1.82, 2.24) is 4.90 Å². The third kappa shape index (κ3) is 5.00. The highest BCUT2D eigenvalue weighted by Gasteiger charge is 2.26. The number of nitrogens with zero attached hydrogens (tertiary/aromatic N) is 1. The van der Waals surface area contributed by atoms with Gasteiger partial charge in [0.05, 0.1) is 11.5 Å². The summed E-state index contributed by atoms with van der Waals surface area (Å²) < 4.78 is 5.29. The molecule has 0 aromatic carbocycles. The molecule has 1 aliphatic carbocycles. The number of ether oxygens (including phenoxy) is 1. The average Bonchev–Trinajstić information content (AvgIpc) is 2.79. The Kier molecular flexibility index (Phi) is 6.44. The lowest BCUT2D eigenvalue weighted by molar-refractivity contribution is -0.137. The van der Waals surface area contributed by atoms with Crippen molar-refractivity contribution in [2.24, 2.45) is 5.73 Å². The molecule has 98 valence electrons. The monoisotopic (exact) mass is 258 g/mol. The Labute approximate surface area is 108 Å². The molecule has 0 bridgehead atoms. The van der Waals surface area contributed by atoms with E-state index in [0.717, 1.165) is 19.3 Å². The molecule has 0 heterocycles. The molecule has 0 radical (unpaired) electrons. The standard InChI is InChI=1S/C12H22N2O2S/c1-2-7-16-9-12(15)14(8-11(13)17)10-5-3-4-6-10/h10H,2-9H2,1H3,(H2,13,17). The summed E-state index contributed by atoms with van der Waals surface area (Å²) in [5.41, 5.74) is 5.55. The van der Waals surface area contributed by atoms with Gasteiger partial charge in [0.25, 0.3) is 0 Å². The summed E-state index contributed by atoms with van der Waals surface area (Å²) >= 11 is 4.90. The highest BCUT2D eigenvalue weighted by Crippen LogP contribution is 2.23. The van der Waals surface area contributed by atoms with E-state index >= 15 is 0 Å². The molecule has 1 fully saturated rings. The first kappa shape index (κ1) is 14.4. The second-order valence-corrected chi connectivity index (χ2v) is 5.00. The fraction of sp³-hybridized carbons (Fsp3) is 0.833. The van der Waals surface area contributed by atoms with Gasteiger partial charge in [0, 0.05) is 12.6 Å². The van der Waals surface area contributed by atoms with Gasteiger partial charge >= 0.3 is 0 Å². The molecule has 4 nitrogen and oxygen atoms in total. The van der Waals surface area contributed by atoms with E-state index in [1.807, 2.05) is 6.92 Å². The van der Waals surface area contributed by atoms with Crippen LogP contribution in [0.25, 0.3) is 0 Å². The minimum Gasteiger partial charge on any atom is -0.392 e. The molecular formula is C12H22N2O2S. The predicted molar refractivity (Wildman–Crippen MR) is 71.9 cm³/mol. The van der Waals surface area contributed by atoms with E-state index in [4.69, 9.17) is 22.7 Å². The van der Waals surface area contributed by atoms with Crippen molar-refractivity contribution in [3.63, 3.8) is 0 Å². The van der Waals surface area contributed by atoms with Gasteiger partial charge in [-0.1, -0.05) is 32.0 Å². The van der Waals surface area contributed by atoms with Crippen LogP contribution in [-0.4, -0.2) is 41.6 Å². The number of carbonyl (C=O) groups excluding carboxylic acids is 1. The summed E-state index contributed by atoms with van der Waals surface area (Å²) in [5, 5.41) is 0. The number of hydrogen-bond donors (Lipinski definition) is 1. The van der Waals surface area contributed by atoms with Crippen LogP contribution >= 0.6 is 12.2 Å². The lowest BCUT2D eigenvalue weighted by Gasteiger charge is -2.28. The molecule has 1 amide bonds. The van der Waals surface area contributed by atoms with E-state index in [2.05, 4.69) is 0 Å². The molecule has 0 aromatic rings. The predicted octanol–water partition coefficient (Wildman–Crippen LogP) is 1.47. The zero-order valence-electron chi connectivity index (χ0n) is 10.5. The second kappa shape index (κ2) is 7.61. The van der Waals surface area contributed by atoms with Gasteiger partial charge in [-0.15, -0.1) is 0 Å². The molecule has 0 aromatic heterocycles. The SMILES string of the molecule is CCCOCC(=O)N(CC(N)=S)C1CCCC1. The van der Waals surface area contributed by atoms with Gasteiger partial charge in [0.2, 0.25) is 5.91 Å². The van der Waals surface area contributed by atoms with Gasteiger partial charge in [-0.2, -0.15) is 0 Å². The van der Waals surface area contributed by atoms with E-state index in [1.165, 1.54) is 12.8 Å². The number of nitrogens with two attached hydrogens (primary N) is 1. The first-order valence-electron chi connectivity index (χ1n) is 6.30. The summed E-state index contributed by atoms with van der Waals surface area (Å²) in [6.07, 6.45) is 5.40. The first-order chi connectivity index (χ1) is 8.15. The Hall–Kier alpha value is -0.680. The van der Waals surface area contributed by atoms with Crippen molar-refractivity contribution >= 4 is 23.1 Å². The van der Waals surface area contributed by atoms with Crippen LogP contribution in [0.1, 0.15) is 39.0 Å². The maximum atomic E-state index is 12.0. The Morgan fingerprint density at radius 3 is 2.65 bits per heavy atom. The van der Waals surface area contributed by atoms with Gasteiger partial charge in [-0.05, 0) is 19.3 Å². The quantitative estimate of drug-likeness (QED) is 0.555. The van der Waals surface area contributed by atoms with Gasteiger partial charge in [0.15, 0.2) is 0 Å². The Morgan fingerprint density at radius 2 is 2.12 bits per heavy atom. The van der Waals surface area contributed by atoms with Crippen LogP contribution in [0, 0.1) is 0 Å². The molecule has 0 spiro atoms. The maximum absolute atomic E-state index is 12.0. The van der Waals surface area contributed by atoms with E-state index in [0.29, 0.717) is 24.2 Å². The van der Waals surface area contributed by atoms with E-state index in [-0.39, 0.29) is 12.5 Å². The number of amides is 1. The normalized spacial score (nSPS) is 16.1. The zero-order valence-corrected chi connectivity index (χ0v) is 11.3. The van der Waals surface area contributed by atoms with Gasteiger partial charge in [0.1, 0.15) is 6.61 Å². The maximum Gasteiger partial charge on any atom is 0.249 e. The minimum absolute atomic E-state index is 0.0122. The van der Waals surface area contributed by atoms with Crippen LogP contribution < -0.4 is 5.73 Å². The Bertz CT molecular complexity index is 265. The minimum atomic E-state index is 0.0122. The molecule has 1 aliphatic rings. The summed E-state index contributed by atoms with van der Waals surface area (Å²) in [6, 6.07) is 0.300.